The van der Waals surface area contributed by atoms with Crippen molar-refractivity contribution >= 4 is 5.71 Å². The van der Waals surface area contributed by atoms with Crippen molar-refractivity contribution in [3.63, 3.8) is 0 Å². The molecule has 1 heteroatoms. The van der Waals surface area contributed by atoms with Gasteiger partial charge in [-0.3, -0.25) is 4.99 Å². The lowest BCUT2D eigenvalue weighted by Crippen LogP contribution is -2.14. The molecule has 0 radical (unpaired) electrons. The molecule has 1 rings (SSSR count). The lowest BCUT2D eigenvalue weighted by atomic mass is 9.84. The molecule has 0 bridgehead atoms. The van der Waals surface area contributed by atoms with Crippen LogP contribution in [0.2, 0.25) is 0 Å². The van der Waals surface area contributed by atoms with Gasteiger partial charge in [0.15, 0.2) is 0 Å². The lowest BCUT2D eigenvalue weighted by Gasteiger charge is -2.19. The second-order valence-electron chi connectivity index (χ2n) is 3.70. The van der Waals surface area contributed by atoms with E-state index >= 15 is 0 Å². The summed E-state index contributed by atoms with van der Waals surface area (Å²) in [4.78, 5) is 4.19. The van der Waals surface area contributed by atoms with Crippen molar-refractivity contribution < 1.29 is 0 Å². The molecule has 1 nitrogen and oxygen atoms in total. The molecular formula is C10H13N. The summed E-state index contributed by atoms with van der Waals surface area (Å²) in [6.45, 7) is 7.21. The third kappa shape index (κ3) is 1.51. The van der Waals surface area contributed by atoms with Crippen molar-refractivity contribution in [1.82, 2.24) is 0 Å². The molecule has 0 saturated carbocycles. The molecule has 0 atom stereocenters. The summed E-state index contributed by atoms with van der Waals surface area (Å²) in [5, 5.41) is 0. The number of aliphatic imine (C=N–C) groups is 1. The summed E-state index contributed by atoms with van der Waals surface area (Å²) in [5.41, 5.74) is 2.18. The van der Waals surface area contributed by atoms with E-state index in [-0.39, 0.29) is 5.41 Å². The molecule has 0 aromatic rings. The predicted molar refractivity (Wildman–Crippen MR) is 48.7 cm³/mol. The average molecular weight is 147 g/mol. The maximum absolute atomic E-state index is 5.30. The molecule has 1 aliphatic heterocycles. The van der Waals surface area contributed by atoms with E-state index in [2.05, 4.69) is 37.8 Å². The Hall–Kier alpha value is -1.03. The standard InChI is InChI=1S/C10H13N/c1-5-9-8(6-7-11-9)10(2,3)4/h1,6H,7H2,2-4H3. The Kier molecular flexibility index (Phi) is 1.87. The van der Waals surface area contributed by atoms with Crippen LogP contribution in [0, 0.1) is 17.8 Å². The molecule has 0 amide bonds. The van der Waals surface area contributed by atoms with Gasteiger partial charge >= 0.3 is 0 Å². The maximum Gasteiger partial charge on any atom is 0.111 e. The summed E-state index contributed by atoms with van der Waals surface area (Å²) in [6, 6.07) is 0. The highest BCUT2D eigenvalue weighted by Crippen LogP contribution is 2.28. The number of hydrogen-bond acceptors (Lipinski definition) is 1. The number of nitrogens with zero attached hydrogens (tertiary/aromatic N) is 1. The van der Waals surface area contributed by atoms with E-state index in [9.17, 15) is 0 Å². The predicted octanol–water partition coefficient (Wildman–Crippen LogP) is 2.05. The quantitative estimate of drug-likeness (QED) is 0.465. The first-order valence-electron chi connectivity index (χ1n) is 3.78. The summed E-state index contributed by atoms with van der Waals surface area (Å²) in [7, 11) is 0. The van der Waals surface area contributed by atoms with Gasteiger partial charge in [-0.05, 0) is 11.0 Å². The molecule has 0 unspecified atom stereocenters. The molecule has 0 fully saturated rings. The van der Waals surface area contributed by atoms with Crippen molar-refractivity contribution in [2.24, 2.45) is 10.4 Å². The van der Waals surface area contributed by atoms with E-state index in [1.807, 2.05) is 0 Å². The minimum Gasteiger partial charge on any atom is -0.272 e. The Morgan fingerprint density at radius 1 is 1.55 bits per heavy atom. The highest BCUT2D eigenvalue weighted by atomic mass is 14.8. The summed E-state index contributed by atoms with van der Waals surface area (Å²) < 4.78 is 0. The minimum atomic E-state index is 0.141. The monoisotopic (exact) mass is 147 g/mol. The fourth-order valence-corrected chi connectivity index (χ4v) is 1.19. The zero-order valence-electron chi connectivity index (χ0n) is 7.31. The molecule has 0 aromatic heterocycles. The van der Waals surface area contributed by atoms with E-state index in [0.29, 0.717) is 0 Å². The van der Waals surface area contributed by atoms with Crippen LogP contribution in [0.25, 0.3) is 0 Å². The van der Waals surface area contributed by atoms with E-state index in [4.69, 9.17) is 6.42 Å². The Bertz CT molecular complexity index is 256. The Balaban J connectivity index is 2.94. The van der Waals surface area contributed by atoms with Crippen molar-refractivity contribution in [2.75, 3.05) is 6.54 Å². The third-order valence-corrected chi connectivity index (χ3v) is 1.74. The SMILES string of the molecule is C#CC1=NCC=C1C(C)(C)C. The largest absolute Gasteiger partial charge is 0.272 e. The topological polar surface area (TPSA) is 12.4 Å². The van der Waals surface area contributed by atoms with E-state index in [1.165, 1.54) is 5.57 Å². The first-order valence-corrected chi connectivity index (χ1v) is 3.78. The summed E-state index contributed by atoms with van der Waals surface area (Å²) in [5.74, 6) is 2.60. The van der Waals surface area contributed by atoms with Crippen LogP contribution in [-0.2, 0) is 0 Å². The van der Waals surface area contributed by atoms with Crippen LogP contribution in [0.1, 0.15) is 20.8 Å². The van der Waals surface area contributed by atoms with Crippen LogP contribution in [0.15, 0.2) is 16.6 Å². The molecule has 0 N–H and O–H groups in total. The van der Waals surface area contributed by atoms with Gasteiger partial charge in [0.05, 0.1) is 6.54 Å². The van der Waals surface area contributed by atoms with Gasteiger partial charge in [-0.2, -0.15) is 0 Å². The number of hydrogen-bond donors (Lipinski definition) is 0. The van der Waals surface area contributed by atoms with Crippen molar-refractivity contribution in [3.05, 3.63) is 11.6 Å². The Morgan fingerprint density at radius 2 is 2.18 bits per heavy atom. The fraction of sp³-hybridized carbons (Fsp3) is 0.500. The molecule has 58 valence electrons. The van der Waals surface area contributed by atoms with Crippen LogP contribution < -0.4 is 0 Å². The van der Waals surface area contributed by atoms with Crippen molar-refractivity contribution in [3.8, 4) is 12.3 Å². The van der Waals surface area contributed by atoms with Gasteiger partial charge in [-0.25, -0.2) is 0 Å². The van der Waals surface area contributed by atoms with Gasteiger partial charge < -0.3 is 0 Å². The number of allylic oxidation sites excluding steroid dienone is 1. The lowest BCUT2D eigenvalue weighted by molar-refractivity contribution is 0.526. The van der Waals surface area contributed by atoms with Crippen LogP contribution in [0.5, 0.6) is 0 Å². The average Bonchev–Trinajstić information content (AvgIpc) is 2.31. The van der Waals surface area contributed by atoms with Crippen molar-refractivity contribution in [2.45, 2.75) is 20.8 Å². The van der Waals surface area contributed by atoms with Gasteiger partial charge in [-0.15, -0.1) is 6.42 Å². The Labute approximate surface area is 68.2 Å². The molecule has 1 aliphatic rings. The van der Waals surface area contributed by atoms with Gasteiger partial charge in [0.1, 0.15) is 5.71 Å². The second kappa shape index (κ2) is 2.54. The molecule has 0 spiro atoms. The van der Waals surface area contributed by atoms with E-state index in [0.717, 1.165) is 12.3 Å². The van der Waals surface area contributed by atoms with Gasteiger partial charge in [-0.1, -0.05) is 32.8 Å². The molecule has 0 saturated heterocycles. The van der Waals surface area contributed by atoms with Gasteiger partial charge in [0, 0.05) is 0 Å². The zero-order chi connectivity index (χ0) is 8.48. The normalized spacial score (nSPS) is 17.3. The van der Waals surface area contributed by atoms with Gasteiger partial charge in [0.2, 0.25) is 0 Å². The number of rotatable bonds is 0. The molecule has 1 heterocycles. The molecule has 0 aromatic carbocycles. The van der Waals surface area contributed by atoms with Crippen LogP contribution >= 0.6 is 0 Å². The highest BCUT2D eigenvalue weighted by Gasteiger charge is 2.22. The third-order valence-electron chi connectivity index (χ3n) is 1.74. The first-order chi connectivity index (χ1) is 5.05. The fourth-order valence-electron chi connectivity index (χ4n) is 1.19. The highest BCUT2D eigenvalue weighted by molar-refractivity contribution is 6.14. The minimum absolute atomic E-state index is 0.141. The van der Waals surface area contributed by atoms with E-state index < -0.39 is 0 Å². The van der Waals surface area contributed by atoms with Crippen LogP contribution in [0.3, 0.4) is 0 Å². The smallest absolute Gasteiger partial charge is 0.111 e. The molecule has 11 heavy (non-hydrogen) atoms. The maximum atomic E-state index is 5.30. The van der Waals surface area contributed by atoms with Crippen molar-refractivity contribution in [1.29, 1.82) is 0 Å². The zero-order valence-corrected chi connectivity index (χ0v) is 7.31. The van der Waals surface area contributed by atoms with E-state index in [1.54, 1.807) is 0 Å². The number of terminal acetylenes is 1. The molecule has 0 aliphatic carbocycles. The van der Waals surface area contributed by atoms with Gasteiger partial charge in [0.25, 0.3) is 0 Å². The summed E-state index contributed by atoms with van der Waals surface area (Å²) in [6.07, 6.45) is 7.41. The molecular weight excluding hydrogens is 134 g/mol. The second-order valence-corrected chi connectivity index (χ2v) is 3.70. The Morgan fingerprint density at radius 3 is 2.55 bits per heavy atom. The van der Waals surface area contributed by atoms with Crippen LogP contribution in [-0.4, -0.2) is 12.3 Å². The first kappa shape index (κ1) is 8.07. The summed E-state index contributed by atoms with van der Waals surface area (Å²) >= 11 is 0. The van der Waals surface area contributed by atoms with Crippen LogP contribution in [0.4, 0.5) is 0 Å².